The van der Waals surface area contributed by atoms with Crippen LogP contribution in [-0.4, -0.2) is 49.7 Å². The molecule has 1 atom stereocenters. The van der Waals surface area contributed by atoms with Crippen molar-refractivity contribution in [3.05, 3.63) is 0 Å². The van der Waals surface area contributed by atoms with Crippen LogP contribution < -0.4 is 5.32 Å². The molecular formula is C14H27ClN2O2. The van der Waals surface area contributed by atoms with Crippen LogP contribution in [0.3, 0.4) is 0 Å². The third kappa shape index (κ3) is 4.93. The average molecular weight is 291 g/mol. The minimum atomic E-state index is 0. The van der Waals surface area contributed by atoms with Gasteiger partial charge in [-0.2, -0.15) is 0 Å². The van der Waals surface area contributed by atoms with E-state index < -0.39 is 0 Å². The Kier molecular flexibility index (Phi) is 7.73. The van der Waals surface area contributed by atoms with E-state index in [0.717, 1.165) is 51.4 Å². The number of rotatable bonds is 4. The third-order valence-electron chi connectivity index (χ3n) is 4.24. The van der Waals surface area contributed by atoms with Crippen LogP contribution in [0.1, 0.15) is 39.0 Å². The lowest BCUT2D eigenvalue weighted by Crippen LogP contribution is -2.48. The van der Waals surface area contributed by atoms with Crippen molar-refractivity contribution >= 4 is 18.3 Å². The van der Waals surface area contributed by atoms with Gasteiger partial charge in [0.2, 0.25) is 5.91 Å². The summed E-state index contributed by atoms with van der Waals surface area (Å²) < 4.78 is 5.45. The summed E-state index contributed by atoms with van der Waals surface area (Å²) in [4.78, 5) is 14.3. The molecule has 2 aliphatic heterocycles. The van der Waals surface area contributed by atoms with Gasteiger partial charge in [0.1, 0.15) is 0 Å². The lowest BCUT2D eigenvalue weighted by Gasteiger charge is -2.35. The summed E-state index contributed by atoms with van der Waals surface area (Å²) in [5, 5.41) is 3.37. The molecule has 0 aromatic heterocycles. The summed E-state index contributed by atoms with van der Waals surface area (Å²) in [7, 11) is 0. The molecule has 19 heavy (non-hydrogen) atoms. The van der Waals surface area contributed by atoms with E-state index in [4.69, 9.17) is 4.74 Å². The minimum Gasteiger partial charge on any atom is -0.377 e. The zero-order valence-electron chi connectivity index (χ0n) is 11.9. The molecule has 0 aromatic rings. The first-order chi connectivity index (χ1) is 8.81. The van der Waals surface area contributed by atoms with Gasteiger partial charge < -0.3 is 15.0 Å². The fraction of sp³-hybridized carbons (Fsp3) is 0.929. The highest BCUT2D eigenvalue weighted by Crippen LogP contribution is 2.20. The molecule has 0 bridgehead atoms. The molecule has 1 N–H and O–H groups in total. The Balaban J connectivity index is 0.00000180. The second-order valence-electron chi connectivity index (χ2n) is 5.46. The van der Waals surface area contributed by atoms with Crippen molar-refractivity contribution in [2.24, 2.45) is 5.92 Å². The van der Waals surface area contributed by atoms with Crippen molar-refractivity contribution < 1.29 is 9.53 Å². The highest BCUT2D eigenvalue weighted by molar-refractivity contribution is 5.85. The molecule has 0 aromatic carbocycles. The van der Waals surface area contributed by atoms with E-state index in [1.54, 1.807) is 0 Å². The van der Waals surface area contributed by atoms with Crippen LogP contribution in [-0.2, 0) is 9.53 Å². The molecule has 0 radical (unpaired) electrons. The molecule has 1 unspecified atom stereocenters. The predicted octanol–water partition coefficient (Wildman–Crippen LogP) is 1.83. The Morgan fingerprint density at radius 1 is 1.37 bits per heavy atom. The standard InChI is InChI=1S/C14H26N2O2.ClH/c1-2-13-11-18-10-9-16(13)14(17)4-3-12-5-7-15-8-6-12;/h12-13,15H,2-11H2,1H3;1H. The minimum absolute atomic E-state index is 0. The monoisotopic (exact) mass is 290 g/mol. The molecule has 2 rings (SSSR count). The molecule has 0 spiro atoms. The Bertz CT molecular complexity index is 270. The number of halogens is 1. The summed E-state index contributed by atoms with van der Waals surface area (Å²) in [6.07, 6.45) is 5.25. The Hall–Kier alpha value is -0.320. The number of hydrogen-bond donors (Lipinski definition) is 1. The Morgan fingerprint density at radius 3 is 2.79 bits per heavy atom. The molecule has 0 saturated carbocycles. The smallest absolute Gasteiger partial charge is 0.222 e. The number of carbonyl (C=O) groups excluding carboxylic acids is 1. The van der Waals surface area contributed by atoms with Crippen molar-refractivity contribution in [2.45, 2.75) is 45.1 Å². The maximum absolute atomic E-state index is 12.3. The number of nitrogens with zero attached hydrogens (tertiary/aromatic N) is 1. The molecule has 4 nitrogen and oxygen atoms in total. The van der Waals surface area contributed by atoms with Crippen molar-refractivity contribution in [1.82, 2.24) is 10.2 Å². The first-order valence-corrected chi connectivity index (χ1v) is 7.39. The zero-order chi connectivity index (χ0) is 12.8. The topological polar surface area (TPSA) is 41.6 Å². The Labute approximate surface area is 122 Å². The van der Waals surface area contributed by atoms with Gasteiger partial charge in [-0.25, -0.2) is 0 Å². The van der Waals surface area contributed by atoms with Crippen LogP contribution in [0, 0.1) is 5.92 Å². The van der Waals surface area contributed by atoms with Gasteiger partial charge in [0.15, 0.2) is 0 Å². The van der Waals surface area contributed by atoms with Gasteiger partial charge in [-0.05, 0) is 44.7 Å². The molecule has 2 heterocycles. The average Bonchev–Trinajstić information content (AvgIpc) is 2.45. The highest BCUT2D eigenvalue weighted by atomic mass is 35.5. The van der Waals surface area contributed by atoms with Gasteiger partial charge in [-0.3, -0.25) is 4.79 Å². The summed E-state index contributed by atoms with van der Waals surface area (Å²) >= 11 is 0. The summed E-state index contributed by atoms with van der Waals surface area (Å²) in [6, 6.07) is 0.305. The van der Waals surface area contributed by atoms with E-state index in [0.29, 0.717) is 18.6 Å². The van der Waals surface area contributed by atoms with Crippen LogP contribution in [0.15, 0.2) is 0 Å². The third-order valence-corrected chi connectivity index (χ3v) is 4.24. The number of carbonyl (C=O) groups is 1. The van der Waals surface area contributed by atoms with Crippen molar-refractivity contribution in [3.8, 4) is 0 Å². The second kappa shape index (κ2) is 8.77. The SMILES string of the molecule is CCC1COCCN1C(=O)CCC1CCNCC1.Cl. The fourth-order valence-electron chi connectivity index (χ4n) is 2.96. The molecule has 1 amide bonds. The first-order valence-electron chi connectivity index (χ1n) is 7.39. The number of nitrogens with one attached hydrogen (secondary N) is 1. The quantitative estimate of drug-likeness (QED) is 0.859. The van der Waals surface area contributed by atoms with E-state index in [1.165, 1.54) is 12.8 Å². The summed E-state index contributed by atoms with van der Waals surface area (Å²) in [6.45, 7) is 6.57. The molecule has 2 saturated heterocycles. The van der Waals surface area contributed by atoms with Gasteiger partial charge in [0, 0.05) is 13.0 Å². The number of amides is 1. The largest absolute Gasteiger partial charge is 0.377 e. The van der Waals surface area contributed by atoms with E-state index in [2.05, 4.69) is 12.2 Å². The Morgan fingerprint density at radius 2 is 2.11 bits per heavy atom. The second-order valence-corrected chi connectivity index (χ2v) is 5.46. The van der Waals surface area contributed by atoms with Gasteiger partial charge in [0.25, 0.3) is 0 Å². The number of hydrogen-bond acceptors (Lipinski definition) is 3. The van der Waals surface area contributed by atoms with E-state index in [1.807, 2.05) is 4.90 Å². The zero-order valence-corrected chi connectivity index (χ0v) is 12.7. The van der Waals surface area contributed by atoms with Crippen molar-refractivity contribution in [2.75, 3.05) is 32.8 Å². The van der Waals surface area contributed by atoms with Crippen LogP contribution in [0.5, 0.6) is 0 Å². The summed E-state index contributed by atoms with van der Waals surface area (Å²) in [5.74, 6) is 1.08. The van der Waals surface area contributed by atoms with Gasteiger partial charge in [-0.15, -0.1) is 12.4 Å². The number of morpholine rings is 1. The van der Waals surface area contributed by atoms with Crippen LogP contribution in [0.25, 0.3) is 0 Å². The van der Waals surface area contributed by atoms with E-state index in [9.17, 15) is 4.79 Å². The molecule has 112 valence electrons. The van der Waals surface area contributed by atoms with Crippen LogP contribution in [0.4, 0.5) is 0 Å². The predicted molar refractivity (Wildman–Crippen MR) is 78.7 cm³/mol. The fourth-order valence-corrected chi connectivity index (χ4v) is 2.96. The summed E-state index contributed by atoms with van der Waals surface area (Å²) in [5.41, 5.74) is 0. The molecule has 2 fully saturated rings. The molecular weight excluding hydrogens is 264 g/mol. The molecule has 5 heteroatoms. The maximum Gasteiger partial charge on any atom is 0.222 e. The molecule has 2 aliphatic rings. The first kappa shape index (κ1) is 16.7. The van der Waals surface area contributed by atoms with Gasteiger partial charge >= 0.3 is 0 Å². The van der Waals surface area contributed by atoms with E-state index in [-0.39, 0.29) is 12.4 Å². The van der Waals surface area contributed by atoms with E-state index >= 15 is 0 Å². The lowest BCUT2D eigenvalue weighted by molar-refractivity contribution is -0.140. The number of ether oxygens (including phenoxy) is 1. The van der Waals surface area contributed by atoms with Gasteiger partial charge in [-0.1, -0.05) is 6.92 Å². The van der Waals surface area contributed by atoms with Crippen molar-refractivity contribution in [1.29, 1.82) is 0 Å². The molecule has 0 aliphatic carbocycles. The van der Waals surface area contributed by atoms with Gasteiger partial charge in [0.05, 0.1) is 19.3 Å². The highest BCUT2D eigenvalue weighted by Gasteiger charge is 2.26. The van der Waals surface area contributed by atoms with Crippen molar-refractivity contribution in [3.63, 3.8) is 0 Å². The normalized spacial score (nSPS) is 24.9. The lowest BCUT2D eigenvalue weighted by atomic mass is 9.93. The van der Waals surface area contributed by atoms with Crippen LogP contribution >= 0.6 is 12.4 Å². The maximum atomic E-state index is 12.3. The van der Waals surface area contributed by atoms with Crippen LogP contribution in [0.2, 0.25) is 0 Å². The number of piperidine rings is 1.